The van der Waals surface area contributed by atoms with Crippen molar-refractivity contribution in [2.24, 2.45) is 0 Å². The van der Waals surface area contributed by atoms with Crippen LogP contribution in [0.25, 0.3) is 11.4 Å². The topological polar surface area (TPSA) is 72.3 Å². The average Bonchev–Trinajstić information content (AvgIpc) is 2.38. The number of aromatic hydroxyl groups is 1. The summed E-state index contributed by atoms with van der Waals surface area (Å²) in [6, 6.07) is 6.58. The molecule has 1 aromatic carbocycles. The first-order valence-electron chi connectivity index (χ1n) is 4.90. The van der Waals surface area contributed by atoms with Gasteiger partial charge in [0.25, 0.3) is 0 Å². The van der Waals surface area contributed by atoms with Crippen molar-refractivity contribution in [3.05, 3.63) is 42.2 Å². The molecule has 5 nitrogen and oxygen atoms in total. The second kappa shape index (κ2) is 4.61. The number of nitrogens with zero attached hydrogens (tertiary/aromatic N) is 2. The number of phenols is 1. The Bertz CT molecular complexity index is 538. The average molecular weight is 230 g/mol. The number of hydrogen-bond donors (Lipinski definition) is 1. The summed E-state index contributed by atoms with van der Waals surface area (Å²) in [5.74, 6) is 0.101. The fourth-order valence-corrected chi connectivity index (χ4v) is 1.35. The molecule has 1 heterocycles. The van der Waals surface area contributed by atoms with Crippen LogP contribution in [0, 0.1) is 0 Å². The number of benzene rings is 1. The zero-order valence-electron chi connectivity index (χ0n) is 9.12. The molecule has 0 fully saturated rings. The molecule has 0 aliphatic heterocycles. The molecule has 0 spiro atoms. The fraction of sp³-hybridized carbons (Fsp3) is 0.0833. The van der Waals surface area contributed by atoms with E-state index in [0.717, 1.165) is 0 Å². The summed E-state index contributed by atoms with van der Waals surface area (Å²) in [6.45, 7) is 0. The van der Waals surface area contributed by atoms with Gasteiger partial charge in [-0.1, -0.05) is 12.1 Å². The number of carbonyl (C=O) groups excluding carboxylic acids is 1. The maximum atomic E-state index is 11.2. The van der Waals surface area contributed by atoms with Gasteiger partial charge in [0.05, 0.1) is 12.7 Å². The molecule has 2 aromatic rings. The molecule has 1 N–H and O–H groups in total. The van der Waals surface area contributed by atoms with Gasteiger partial charge in [-0.15, -0.1) is 0 Å². The Morgan fingerprint density at radius 1 is 1.29 bits per heavy atom. The van der Waals surface area contributed by atoms with E-state index < -0.39 is 5.97 Å². The van der Waals surface area contributed by atoms with Crippen LogP contribution in [0.3, 0.4) is 0 Å². The van der Waals surface area contributed by atoms with Crippen LogP contribution in [-0.4, -0.2) is 28.2 Å². The molecule has 0 amide bonds. The minimum absolute atomic E-state index is 0.142. The number of hydrogen-bond acceptors (Lipinski definition) is 5. The third-order valence-electron chi connectivity index (χ3n) is 2.18. The summed E-state index contributed by atoms with van der Waals surface area (Å²) in [5.41, 5.74) is 0.970. The summed E-state index contributed by atoms with van der Waals surface area (Å²) in [6.07, 6.45) is 2.77. The van der Waals surface area contributed by atoms with Crippen molar-refractivity contribution in [3.63, 3.8) is 0 Å². The number of ether oxygens (including phenoxy) is 1. The zero-order valence-corrected chi connectivity index (χ0v) is 9.12. The van der Waals surface area contributed by atoms with Gasteiger partial charge >= 0.3 is 5.97 Å². The largest absolute Gasteiger partial charge is 0.508 e. The minimum atomic E-state index is -0.479. The third-order valence-corrected chi connectivity index (χ3v) is 2.18. The first-order valence-corrected chi connectivity index (χ1v) is 4.90. The highest BCUT2D eigenvalue weighted by atomic mass is 16.5. The van der Waals surface area contributed by atoms with Crippen LogP contribution < -0.4 is 0 Å². The molecule has 0 aliphatic rings. The lowest BCUT2D eigenvalue weighted by atomic mass is 10.2. The Morgan fingerprint density at radius 2 is 2.00 bits per heavy atom. The lowest BCUT2D eigenvalue weighted by Gasteiger charge is -2.02. The molecule has 0 saturated carbocycles. The number of aromatic nitrogens is 2. The van der Waals surface area contributed by atoms with E-state index in [-0.39, 0.29) is 11.3 Å². The van der Waals surface area contributed by atoms with Crippen LogP contribution in [0.15, 0.2) is 36.7 Å². The van der Waals surface area contributed by atoms with Gasteiger partial charge in [0.2, 0.25) is 0 Å². The lowest BCUT2D eigenvalue weighted by molar-refractivity contribution is 0.0600. The third kappa shape index (κ3) is 2.39. The molecule has 0 aliphatic carbocycles. The van der Waals surface area contributed by atoms with Crippen molar-refractivity contribution in [2.45, 2.75) is 0 Å². The van der Waals surface area contributed by atoms with Crippen LogP contribution >= 0.6 is 0 Å². The van der Waals surface area contributed by atoms with Crippen molar-refractivity contribution >= 4 is 5.97 Å². The SMILES string of the molecule is COC(=O)c1cnc(-c2cccc(O)c2)nc1. The fourth-order valence-electron chi connectivity index (χ4n) is 1.35. The Labute approximate surface area is 97.7 Å². The Morgan fingerprint density at radius 3 is 2.59 bits per heavy atom. The molecule has 0 saturated heterocycles. The first kappa shape index (κ1) is 11.1. The van der Waals surface area contributed by atoms with E-state index in [0.29, 0.717) is 11.4 Å². The molecule has 0 radical (unpaired) electrons. The van der Waals surface area contributed by atoms with Crippen molar-refractivity contribution in [2.75, 3.05) is 7.11 Å². The molecule has 2 rings (SSSR count). The quantitative estimate of drug-likeness (QED) is 0.794. The molecule has 5 heteroatoms. The molecule has 86 valence electrons. The van der Waals surface area contributed by atoms with Gasteiger partial charge in [-0.3, -0.25) is 0 Å². The van der Waals surface area contributed by atoms with E-state index in [9.17, 15) is 9.90 Å². The number of carbonyl (C=O) groups is 1. The highest BCUT2D eigenvalue weighted by Gasteiger charge is 2.07. The first-order chi connectivity index (χ1) is 8.20. The van der Waals surface area contributed by atoms with Crippen LogP contribution in [0.4, 0.5) is 0 Å². The van der Waals surface area contributed by atoms with Gasteiger partial charge in [-0.05, 0) is 12.1 Å². The molecule has 0 unspecified atom stereocenters. The zero-order chi connectivity index (χ0) is 12.3. The van der Waals surface area contributed by atoms with E-state index in [2.05, 4.69) is 14.7 Å². The van der Waals surface area contributed by atoms with Crippen LogP contribution in [0.5, 0.6) is 5.75 Å². The van der Waals surface area contributed by atoms with Gasteiger partial charge in [-0.2, -0.15) is 0 Å². The van der Waals surface area contributed by atoms with Crippen molar-refractivity contribution in [1.82, 2.24) is 9.97 Å². The van der Waals surface area contributed by atoms with Gasteiger partial charge in [0.1, 0.15) is 5.75 Å². The van der Waals surface area contributed by atoms with Crippen molar-refractivity contribution in [1.29, 1.82) is 0 Å². The summed E-state index contributed by atoms with van der Waals surface area (Å²) in [4.78, 5) is 19.2. The Hall–Kier alpha value is -2.43. The van der Waals surface area contributed by atoms with E-state index >= 15 is 0 Å². The standard InChI is InChI=1S/C12H10N2O3/c1-17-12(16)9-6-13-11(14-7-9)8-3-2-4-10(15)5-8/h2-7,15H,1H3. The lowest BCUT2D eigenvalue weighted by Crippen LogP contribution is -2.03. The Kier molecular flexibility index (Phi) is 3.00. The van der Waals surface area contributed by atoms with Crippen molar-refractivity contribution < 1.29 is 14.6 Å². The number of phenolic OH excluding ortho intramolecular Hbond substituents is 1. The predicted molar refractivity (Wildman–Crippen MR) is 60.5 cm³/mol. The molecule has 17 heavy (non-hydrogen) atoms. The molecular formula is C12H10N2O3. The van der Waals surface area contributed by atoms with Gasteiger partial charge in [0, 0.05) is 18.0 Å². The summed E-state index contributed by atoms with van der Waals surface area (Å²) in [7, 11) is 1.30. The highest BCUT2D eigenvalue weighted by Crippen LogP contribution is 2.19. The summed E-state index contributed by atoms with van der Waals surface area (Å²) in [5, 5.41) is 9.33. The van der Waals surface area contributed by atoms with Gasteiger partial charge in [0.15, 0.2) is 5.82 Å². The van der Waals surface area contributed by atoms with Crippen LogP contribution in [0.2, 0.25) is 0 Å². The van der Waals surface area contributed by atoms with Gasteiger partial charge in [-0.25, -0.2) is 14.8 Å². The number of esters is 1. The van der Waals surface area contributed by atoms with Crippen LogP contribution in [0.1, 0.15) is 10.4 Å². The monoisotopic (exact) mass is 230 g/mol. The number of rotatable bonds is 2. The normalized spacial score (nSPS) is 9.94. The smallest absolute Gasteiger partial charge is 0.341 e. The second-order valence-corrected chi connectivity index (χ2v) is 3.34. The Balaban J connectivity index is 2.32. The predicted octanol–water partition coefficient (Wildman–Crippen LogP) is 1.64. The van der Waals surface area contributed by atoms with E-state index in [1.165, 1.54) is 19.5 Å². The highest BCUT2D eigenvalue weighted by molar-refractivity contribution is 5.88. The maximum absolute atomic E-state index is 11.2. The summed E-state index contributed by atoms with van der Waals surface area (Å²) >= 11 is 0. The molecular weight excluding hydrogens is 220 g/mol. The molecule has 1 aromatic heterocycles. The van der Waals surface area contributed by atoms with E-state index in [1.54, 1.807) is 24.3 Å². The minimum Gasteiger partial charge on any atom is -0.508 e. The molecule has 0 bridgehead atoms. The summed E-state index contributed by atoms with van der Waals surface area (Å²) < 4.78 is 4.54. The van der Waals surface area contributed by atoms with E-state index in [1.807, 2.05) is 0 Å². The number of methoxy groups -OCH3 is 1. The maximum Gasteiger partial charge on any atom is 0.341 e. The van der Waals surface area contributed by atoms with Gasteiger partial charge < -0.3 is 9.84 Å². The molecule has 0 atom stereocenters. The second-order valence-electron chi connectivity index (χ2n) is 3.34. The van der Waals surface area contributed by atoms with E-state index in [4.69, 9.17) is 0 Å². The van der Waals surface area contributed by atoms with Crippen molar-refractivity contribution in [3.8, 4) is 17.1 Å². The van der Waals surface area contributed by atoms with Crippen LogP contribution in [-0.2, 0) is 4.74 Å².